The Kier molecular flexibility index (Phi) is 3.79. The minimum Gasteiger partial charge on any atom is -0.439 e. The molecule has 1 aromatic carbocycles. The van der Waals surface area contributed by atoms with Crippen molar-refractivity contribution in [3.63, 3.8) is 0 Å². The third kappa shape index (κ3) is 2.90. The summed E-state index contributed by atoms with van der Waals surface area (Å²) in [7, 11) is 0. The Labute approximate surface area is 111 Å². The number of nitrogens with zero attached hydrogens (tertiary/aromatic N) is 2. The predicted molar refractivity (Wildman–Crippen MR) is 70.9 cm³/mol. The standard InChI is InChI=1S/C15H14N2O2/c1-10-3-5-13(7-11(10)2)19-15-6-4-12(8-16)14(9-18)17-15/h3-7,18H,9H2,1-2H3. The predicted octanol–water partition coefficient (Wildman–Crippen LogP) is 2.85. The molecule has 0 aliphatic rings. The van der Waals surface area contributed by atoms with Gasteiger partial charge in [0.05, 0.1) is 17.9 Å². The number of aliphatic hydroxyl groups is 1. The molecule has 2 aromatic rings. The summed E-state index contributed by atoms with van der Waals surface area (Å²) in [6.45, 7) is 3.75. The van der Waals surface area contributed by atoms with Crippen molar-refractivity contribution in [1.82, 2.24) is 4.98 Å². The molecule has 0 amide bonds. The van der Waals surface area contributed by atoms with Crippen LogP contribution in [0.5, 0.6) is 11.6 Å². The molecule has 0 aliphatic heterocycles. The van der Waals surface area contributed by atoms with Crippen molar-refractivity contribution in [2.45, 2.75) is 20.5 Å². The summed E-state index contributed by atoms with van der Waals surface area (Å²) in [6, 6.07) is 10.9. The Morgan fingerprint density at radius 2 is 2.00 bits per heavy atom. The first-order chi connectivity index (χ1) is 9.13. The first-order valence-electron chi connectivity index (χ1n) is 5.90. The second-order valence-corrected chi connectivity index (χ2v) is 4.26. The zero-order valence-corrected chi connectivity index (χ0v) is 10.8. The van der Waals surface area contributed by atoms with Gasteiger partial charge in [-0.3, -0.25) is 0 Å². The Morgan fingerprint density at radius 3 is 2.63 bits per heavy atom. The molecule has 2 rings (SSSR count). The molecular weight excluding hydrogens is 240 g/mol. The summed E-state index contributed by atoms with van der Waals surface area (Å²) in [6.07, 6.45) is 0. The van der Waals surface area contributed by atoms with E-state index in [1.54, 1.807) is 12.1 Å². The molecule has 4 nitrogen and oxygen atoms in total. The second-order valence-electron chi connectivity index (χ2n) is 4.26. The van der Waals surface area contributed by atoms with Gasteiger partial charge in [-0.15, -0.1) is 0 Å². The van der Waals surface area contributed by atoms with Crippen LogP contribution in [0.3, 0.4) is 0 Å². The fourth-order valence-electron chi connectivity index (χ4n) is 1.66. The summed E-state index contributed by atoms with van der Waals surface area (Å²) in [5.74, 6) is 1.05. The van der Waals surface area contributed by atoms with E-state index in [-0.39, 0.29) is 6.61 Å². The monoisotopic (exact) mass is 254 g/mol. The van der Waals surface area contributed by atoms with Crippen molar-refractivity contribution in [1.29, 1.82) is 5.26 Å². The number of aliphatic hydroxyl groups excluding tert-OH is 1. The van der Waals surface area contributed by atoms with E-state index in [4.69, 9.17) is 15.1 Å². The fraction of sp³-hybridized carbons (Fsp3) is 0.200. The molecule has 1 heterocycles. The minimum atomic E-state index is -0.285. The molecule has 4 heteroatoms. The lowest BCUT2D eigenvalue weighted by atomic mass is 10.1. The van der Waals surface area contributed by atoms with Gasteiger partial charge >= 0.3 is 0 Å². The van der Waals surface area contributed by atoms with Crippen LogP contribution in [0.1, 0.15) is 22.4 Å². The number of hydrogen-bond donors (Lipinski definition) is 1. The van der Waals surface area contributed by atoms with E-state index in [1.165, 1.54) is 5.56 Å². The van der Waals surface area contributed by atoms with Crippen molar-refractivity contribution in [2.24, 2.45) is 0 Å². The number of ether oxygens (including phenoxy) is 1. The summed E-state index contributed by atoms with van der Waals surface area (Å²) < 4.78 is 5.62. The van der Waals surface area contributed by atoms with Crippen LogP contribution < -0.4 is 4.74 Å². The fourth-order valence-corrected chi connectivity index (χ4v) is 1.66. The highest BCUT2D eigenvalue weighted by Gasteiger charge is 2.06. The van der Waals surface area contributed by atoms with Crippen LogP contribution in [0.4, 0.5) is 0 Å². The Morgan fingerprint density at radius 1 is 1.21 bits per heavy atom. The number of rotatable bonds is 3. The average molecular weight is 254 g/mol. The Bertz CT molecular complexity index is 645. The number of nitriles is 1. The van der Waals surface area contributed by atoms with E-state index in [1.807, 2.05) is 38.1 Å². The lowest BCUT2D eigenvalue weighted by Gasteiger charge is -2.08. The zero-order chi connectivity index (χ0) is 13.8. The maximum absolute atomic E-state index is 9.15. The van der Waals surface area contributed by atoms with Gasteiger partial charge in [0.2, 0.25) is 5.88 Å². The number of aromatic nitrogens is 1. The van der Waals surface area contributed by atoms with Crippen LogP contribution in [-0.4, -0.2) is 10.1 Å². The number of aryl methyl sites for hydroxylation is 2. The van der Waals surface area contributed by atoms with E-state index in [0.29, 0.717) is 22.9 Å². The molecule has 0 aliphatic carbocycles. The third-order valence-electron chi connectivity index (χ3n) is 2.92. The highest BCUT2D eigenvalue weighted by Crippen LogP contribution is 2.23. The van der Waals surface area contributed by atoms with E-state index in [0.717, 1.165) is 5.56 Å². The van der Waals surface area contributed by atoms with Gasteiger partial charge in [0.15, 0.2) is 0 Å². The molecule has 1 N–H and O–H groups in total. The topological polar surface area (TPSA) is 66.1 Å². The zero-order valence-electron chi connectivity index (χ0n) is 10.8. The van der Waals surface area contributed by atoms with E-state index in [2.05, 4.69) is 4.98 Å². The molecule has 19 heavy (non-hydrogen) atoms. The van der Waals surface area contributed by atoms with Crippen molar-refractivity contribution in [3.8, 4) is 17.7 Å². The average Bonchev–Trinajstić information content (AvgIpc) is 2.43. The maximum atomic E-state index is 9.15. The van der Waals surface area contributed by atoms with E-state index in [9.17, 15) is 0 Å². The van der Waals surface area contributed by atoms with Gasteiger partial charge in [-0.2, -0.15) is 5.26 Å². The van der Waals surface area contributed by atoms with Crippen LogP contribution in [0.15, 0.2) is 30.3 Å². The van der Waals surface area contributed by atoms with Gasteiger partial charge in [-0.25, -0.2) is 4.98 Å². The molecule has 96 valence electrons. The molecule has 0 saturated carbocycles. The normalized spacial score (nSPS) is 10.0. The Hall–Kier alpha value is -2.38. The largest absolute Gasteiger partial charge is 0.439 e. The summed E-state index contributed by atoms with van der Waals surface area (Å²) in [4.78, 5) is 4.11. The smallest absolute Gasteiger partial charge is 0.219 e. The van der Waals surface area contributed by atoms with Gasteiger partial charge in [-0.05, 0) is 43.2 Å². The van der Waals surface area contributed by atoms with Crippen LogP contribution in [-0.2, 0) is 6.61 Å². The molecule has 0 radical (unpaired) electrons. The van der Waals surface area contributed by atoms with Gasteiger partial charge < -0.3 is 9.84 Å². The van der Waals surface area contributed by atoms with Gasteiger partial charge in [-0.1, -0.05) is 6.07 Å². The molecule has 0 fully saturated rings. The molecule has 0 saturated heterocycles. The lowest BCUT2D eigenvalue weighted by molar-refractivity contribution is 0.275. The number of hydrogen-bond acceptors (Lipinski definition) is 4. The third-order valence-corrected chi connectivity index (χ3v) is 2.92. The van der Waals surface area contributed by atoms with Crippen molar-refractivity contribution in [3.05, 3.63) is 52.7 Å². The summed E-state index contributed by atoms with van der Waals surface area (Å²) in [5, 5.41) is 18.0. The lowest BCUT2D eigenvalue weighted by Crippen LogP contribution is -1.97. The highest BCUT2D eigenvalue weighted by molar-refractivity contribution is 5.39. The van der Waals surface area contributed by atoms with Gasteiger partial charge in [0.1, 0.15) is 11.8 Å². The SMILES string of the molecule is Cc1ccc(Oc2ccc(C#N)c(CO)n2)cc1C. The van der Waals surface area contributed by atoms with Crippen molar-refractivity contribution >= 4 is 0 Å². The van der Waals surface area contributed by atoms with Crippen molar-refractivity contribution < 1.29 is 9.84 Å². The van der Waals surface area contributed by atoms with Gasteiger partial charge in [0, 0.05) is 6.07 Å². The number of benzene rings is 1. The van der Waals surface area contributed by atoms with Crippen LogP contribution in [0.2, 0.25) is 0 Å². The minimum absolute atomic E-state index is 0.285. The summed E-state index contributed by atoms with van der Waals surface area (Å²) in [5.41, 5.74) is 3.00. The molecule has 0 bridgehead atoms. The molecular formula is C15H14N2O2. The molecule has 0 spiro atoms. The summed E-state index contributed by atoms with van der Waals surface area (Å²) >= 11 is 0. The van der Waals surface area contributed by atoms with Crippen LogP contribution >= 0.6 is 0 Å². The number of pyridine rings is 1. The first-order valence-corrected chi connectivity index (χ1v) is 5.90. The van der Waals surface area contributed by atoms with Gasteiger partial charge in [0.25, 0.3) is 0 Å². The Balaban J connectivity index is 2.28. The molecule has 1 aromatic heterocycles. The van der Waals surface area contributed by atoms with Crippen molar-refractivity contribution in [2.75, 3.05) is 0 Å². The quantitative estimate of drug-likeness (QED) is 0.914. The maximum Gasteiger partial charge on any atom is 0.219 e. The van der Waals surface area contributed by atoms with E-state index >= 15 is 0 Å². The first kappa shape index (κ1) is 13.1. The second kappa shape index (κ2) is 5.51. The van der Waals surface area contributed by atoms with Crippen LogP contribution in [0.25, 0.3) is 0 Å². The van der Waals surface area contributed by atoms with E-state index < -0.39 is 0 Å². The molecule has 0 unspecified atom stereocenters. The van der Waals surface area contributed by atoms with Crippen LogP contribution in [0, 0.1) is 25.2 Å². The highest BCUT2D eigenvalue weighted by atomic mass is 16.5. The molecule has 0 atom stereocenters.